The number of rotatable bonds is 7. The number of carbonyl (C=O) groups is 1. The molecule has 5 nitrogen and oxygen atoms in total. The fourth-order valence-corrected chi connectivity index (χ4v) is 2.46. The van der Waals surface area contributed by atoms with Gasteiger partial charge in [0.2, 0.25) is 0 Å². The Hall–Kier alpha value is -2.95. The van der Waals surface area contributed by atoms with Crippen molar-refractivity contribution in [2.75, 3.05) is 19.5 Å². The topological polar surface area (TPSA) is 56.8 Å². The minimum Gasteiger partial charge on any atom is -0.493 e. The Morgan fingerprint density at radius 2 is 1.92 bits per heavy atom. The van der Waals surface area contributed by atoms with Crippen LogP contribution < -0.4 is 14.8 Å². The van der Waals surface area contributed by atoms with Crippen molar-refractivity contribution in [1.29, 1.82) is 0 Å². The first-order chi connectivity index (χ1) is 12.1. The number of hydrogen-bond donors (Lipinski definition) is 1. The minimum absolute atomic E-state index is 0.0620. The quantitative estimate of drug-likeness (QED) is 0.739. The van der Waals surface area contributed by atoms with Gasteiger partial charge in [0.1, 0.15) is 6.61 Å². The van der Waals surface area contributed by atoms with E-state index in [-0.39, 0.29) is 5.92 Å². The van der Waals surface area contributed by atoms with E-state index in [1.54, 1.807) is 25.3 Å². The van der Waals surface area contributed by atoms with Crippen LogP contribution in [0.15, 0.2) is 55.1 Å². The molecule has 2 aromatic carbocycles. The van der Waals surface area contributed by atoms with Gasteiger partial charge in [-0.3, -0.25) is 5.32 Å². The zero-order chi connectivity index (χ0) is 18.2. The molecular formula is C20H23NO4. The summed E-state index contributed by atoms with van der Waals surface area (Å²) in [6.07, 6.45) is 1.24. The Bertz CT molecular complexity index is 728. The lowest BCUT2D eigenvalue weighted by atomic mass is 9.97. The normalized spacial score (nSPS) is 11.3. The standard InChI is InChI=1S/C20H23NO4/c1-5-14(2)18-16(21-20(22)24-4)11-12-17(23-3)19(18)25-13-15-9-7-6-8-10-15/h5-12,14H,1,13H2,2-4H3,(H,21,22). The van der Waals surface area contributed by atoms with Crippen LogP contribution in [0.25, 0.3) is 0 Å². The molecule has 0 fully saturated rings. The van der Waals surface area contributed by atoms with Crippen LogP contribution in [-0.4, -0.2) is 20.3 Å². The van der Waals surface area contributed by atoms with Crippen molar-refractivity contribution in [2.24, 2.45) is 0 Å². The molecule has 2 aromatic rings. The lowest BCUT2D eigenvalue weighted by Gasteiger charge is -2.21. The van der Waals surface area contributed by atoms with Crippen LogP contribution in [0.5, 0.6) is 11.5 Å². The minimum atomic E-state index is -0.545. The molecular weight excluding hydrogens is 318 g/mol. The van der Waals surface area contributed by atoms with Gasteiger partial charge in [0.25, 0.3) is 0 Å². The number of allylic oxidation sites excluding steroid dienone is 1. The van der Waals surface area contributed by atoms with Gasteiger partial charge >= 0.3 is 6.09 Å². The Morgan fingerprint density at radius 3 is 2.52 bits per heavy atom. The summed E-state index contributed by atoms with van der Waals surface area (Å²) in [5.74, 6) is 1.11. The Kier molecular flexibility index (Phi) is 6.46. The summed E-state index contributed by atoms with van der Waals surface area (Å²) in [4.78, 5) is 11.7. The van der Waals surface area contributed by atoms with Crippen LogP contribution in [0.4, 0.5) is 10.5 Å². The highest BCUT2D eigenvalue weighted by Crippen LogP contribution is 2.41. The predicted molar refractivity (Wildman–Crippen MR) is 98.4 cm³/mol. The molecule has 0 aromatic heterocycles. The van der Waals surface area contributed by atoms with Gasteiger partial charge in [0, 0.05) is 11.5 Å². The third kappa shape index (κ3) is 4.53. The van der Waals surface area contributed by atoms with E-state index in [2.05, 4.69) is 11.9 Å². The highest BCUT2D eigenvalue weighted by molar-refractivity contribution is 5.87. The maximum absolute atomic E-state index is 11.7. The fraction of sp³-hybridized carbons (Fsp3) is 0.250. The van der Waals surface area contributed by atoms with E-state index in [0.29, 0.717) is 23.8 Å². The van der Waals surface area contributed by atoms with Crippen molar-refractivity contribution in [3.63, 3.8) is 0 Å². The Balaban J connectivity index is 2.43. The molecule has 1 amide bonds. The van der Waals surface area contributed by atoms with E-state index in [1.807, 2.05) is 37.3 Å². The largest absolute Gasteiger partial charge is 0.493 e. The first kappa shape index (κ1) is 18.4. The third-order valence-corrected chi connectivity index (χ3v) is 3.84. The number of ether oxygens (including phenoxy) is 3. The SMILES string of the molecule is C=CC(C)c1c(NC(=O)OC)ccc(OC)c1OCc1ccccc1. The molecule has 1 N–H and O–H groups in total. The fourth-order valence-electron chi connectivity index (χ4n) is 2.46. The van der Waals surface area contributed by atoms with Crippen molar-refractivity contribution < 1.29 is 19.0 Å². The summed E-state index contributed by atoms with van der Waals surface area (Å²) in [5.41, 5.74) is 2.42. The Morgan fingerprint density at radius 1 is 1.20 bits per heavy atom. The molecule has 0 heterocycles. The van der Waals surface area contributed by atoms with Crippen LogP contribution in [0, 0.1) is 0 Å². The zero-order valence-corrected chi connectivity index (χ0v) is 14.7. The first-order valence-electron chi connectivity index (χ1n) is 7.95. The summed E-state index contributed by atoms with van der Waals surface area (Å²) in [6.45, 7) is 6.21. The average molecular weight is 341 g/mol. The Labute approximate surface area is 148 Å². The average Bonchev–Trinajstić information content (AvgIpc) is 2.66. The number of benzene rings is 2. The van der Waals surface area contributed by atoms with Crippen molar-refractivity contribution in [3.05, 3.63) is 66.2 Å². The number of nitrogens with one attached hydrogen (secondary N) is 1. The zero-order valence-electron chi connectivity index (χ0n) is 14.7. The molecule has 1 atom stereocenters. The molecule has 25 heavy (non-hydrogen) atoms. The number of hydrogen-bond acceptors (Lipinski definition) is 4. The van der Waals surface area contributed by atoms with Crippen molar-refractivity contribution >= 4 is 11.8 Å². The van der Waals surface area contributed by atoms with Crippen molar-refractivity contribution in [3.8, 4) is 11.5 Å². The summed E-state index contributed by atoms with van der Waals surface area (Å²) < 4.78 is 16.2. The lowest BCUT2D eigenvalue weighted by Crippen LogP contribution is -2.14. The molecule has 0 spiro atoms. The third-order valence-electron chi connectivity index (χ3n) is 3.84. The molecule has 5 heteroatoms. The van der Waals surface area contributed by atoms with Crippen molar-refractivity contribution in [2.45, 2.75) is 19.4 Å². The smallest absolute Gasteiger partial charge is 0.411 e. The highest BCUT2D eigenvalue weighted by Gasteiger charge is 2.21. The molecule has 0 aliphatic rings. The predicted octanol–water partition coefficient (Wildman–Crippen LogP) is 4.74. The van der Waals surface area contributed by atoms with Crippen LogP contribution in [0.3, 0.4) is 0 Å². The van der Waals surface area contributed by atoms with Crippen LogP contribution in [0.1, 0.15) is 24.0 Å². The van der Waals surface area contributed by atoms with Gasteiger partial charge in [0.05, 0.1) is 19.9 Å². The van der Waals surface area contributed by atoms with E-state index in [9.17, 15) is 4.79 Å². The van der Waals surface area contributed by atoms with Gasteiger partial charge in [0.15, 0.2) is 11.5 Å². The molecule has 2 rings (SSSR count). The van der Waals surface area contributed by atoms with Gasteiger partial charge in [-0.2, -0.15) is 0 Å². The van der Waals surface area contributed by atoms with Gasteiger partial charge < -0.3 is 14.2 Å². The molecule has 1 unspecified atom stereocenters. The van der Waals surface area contributed by atoms with E-state index in [0.717, 1.165) is 11.1 Å². The monoisotopic (exact) mass is 341 g/mol. The van der Waals surface area contributed by atoms with Gasteiger partial charge in [-0.25, -0.2) is 4.79 Å². The number of methoxy groups -OCH3 is 2. The van der Waals surface area contributed by atoms with Gasteiger partial charge in [-0.05, 0) is 17.7 Å². The highest BCUT2D eigenvalue weighted by atomic mass is 16.5. The molecule has 0 radical (unpaired) electrons. The second kappa shape index (κ2) is 8.78. The van der Waals surface area contributed by atoms with Crippen molar-refractivity contribution in [1.82, 2.24) is 0 Å². The molecule has 132 valence electrons. The molecule has 0 aliphatic carbocycles. The molecule has 0 aliphatic heterocycles. The molecule has 0 saturated heterocycles. The maximum atomic E-state index is 11.7. The second-order valence-electron chi connectivity index (χ2n) is 5.47. The molecule has 0 bridgehead atoms. The van der Waals surface area contributed by atoms with E-state index < -0.39 is 6.09 Å². The maximum Gasteiger partial charge on any atom is 0.411 e. The summed E-state index contributed by atoms with van der Waals surface area (Å²) in [6, 6.07) is 13.4. The van der Waals surface area contributed by atoms with Crippen LogP contribution >= 0.6 is 0 Å². The summed E-state index contributed by atoms with van der Waals surface area (Å²) >= 11 is 0. The summed E-state index contributed by atoms with van der Waals surface area (Å²) in [5, 5.41) is 2.72. The number of carbonyl (C=O) groups excluding carboxylic acids is 1. The lowest BCUT2D eigenvalue weighted by molar-refractivity contribution is 0.187. The van der Waals surface area contributed by atoms with Crippen LogP contribution in [0.2, 0.25) is 0 Å². The van der Waals surface area contributed by atoms with Crippen LogP contribution in [-0.2, 0) is 11.3 Å². The van der Waals surface area contributed by atoms with Gasteiger partial charge in [-0.15, -0.1) is 6.58 Å². The second-order valence-corrected chi connectivity index (χ2v) is 5.47. The van der Waals surface area contributed by atoms with Gasteiger partial charge in [-0.1, -0.05) is 43.3 Å². The first-order valence-corrected chi connectivity index (χ1v) is 7.95. The van der Waals surface area contributed by atoms with E-state index >= 15 is 0 Å². The summed E-state index contributed by atoms with van der Waals surface area (Å²) in [7, 11) is 2.91. The molecule has 0 saturated carbocycles. The number of amides is 1. The van der Waals surface area contributed by atoms with E-state index in [4.69, 9.17) is 14.2 Å². The number of anilines is 1. The van der Waals surface area contributed by atoms with E-state index in [1.165, 1.54) is 7.11 Å².